The van der Waals surface area contributed by atoms with E-state index in [1.54, 1.807) is 6.07 Å². The predicted octanol–water partition coefficient (Wildman–Crippen LogP) is 3.16. The van der Waals surface area contributed by atoms with E-state index in [-0.39, 0.29) is 0 Å². The lowest BCUT2D eigenvalue weighted by Gasteiger charge is -2.07. The Morgan fingerprint density at radius 2 is 2.25 bits per heavy atom. The Balaban J connectivity index is 2.78. The molecule has 1 heterocycles. The van der Waals surface area contributed by atoms with Crippen LogP contribution in [0, 0.1) is 11.3 Å². The monoisotopic (exact) mass is 232 g/mol. The number of benzene rings is 1. The van der Waals surface area contributed by atoms with Crippen LogP contribution in [0.1, 0.15) is 12.6 Å². The SMILES string of the molecule is CCOc1cccc2c(C#N)nc(Cl)cc12. The van der Waals surface area contributed by atoms with Gasteiger partial charge in [-0.25, -0.2) is 4.98 Å². The van der Waals surface area contributed by atoms with Gasteiger partial charge in [0.2, 0.25) is 0 Å². The minimum atomic E-state index is 0.302. The number of pyridine rings is 1. The molecule has 0 aliphatic carbocycles. The molecule has 0 amide bonds. The summed E-state index contributed by atoms with van der Waals surface area (Å²) >= 11 is 5.86. The van der Waals surface area contributed by atoms with Crippen molar-refractivity contribution >= 4 is 22.4 Å². The number of hydrogen-bond donors (Lipinski definition) is 0. The molecule has 0 bridgehead atoms. The molecular weight excluding hydrogens is 224 g/mol. The summed E-state index contributed by atoms with van der Waals surface area (Å²) in [5.41, 5.74) is 0.323. The molecule has 4 heteroatoms. The highest BCUT2D eigenvalue weighted by Gasteiger charge is 2.08. The summed E-state index contributed by atoms with van der Waals surface area (Å²) in [6.45, 7) is 2.48. The number of aromatic nitrogens is 1. The lowest BCUT2D eigenvalue weighted by atomic mass is 10.1. The average Bonchev–Trinajstić information content (AvgIpc) is 2.29. The summed E-state index contributed by atoms with van der Waals surface area (Å²) in [5.74, 6) is 0.723. The van der Waals surface area contributed by atoms with Gasteiger partial charge in [0.05, 0.1) is 6.61 Å². The van der Waals surface area contributed by atoms with Crippen LogP contribution in [0.25, 0.3) is 10.8 Å². The molecule has 0 unspecified atom stereocenters. The van der Waals surface area contributed by atoms with Crippen LogP contribution in [-0.4, -0.2) is 11.6 Å². The van der Waals surface area contributed by atoms with Crippen molar-refractivity contribution < 1.29 is 4.74 Å². The van der Waals surface area contributed by atoms with Crippen LogP contribution in [0.2, 0.25) is 5.15 Å². The summed E-state index contributed by atoms with van der Waals surface area (Å²) in [7, 11) is 0. The summed E-state index contributed by atoms with van der Waals surface area (Å²) < 4.78 is 5.48. The minimum Gasteiger partial charge on any atom is -0.493 e. The maximum atomic E-state index is 8.97. The Bertz CT molecular complexity index is 575. The largest absolute Gasteiger partial charge is 0.493 e. The minimum absolute atomic E-state index is 0.302. The first kappa shape index (κ1) is 10.7. The van der Waals surface area contributed by atoms with Gasteiger partial charge in [0.25, 0.3) is 0 Å². The molecule has 0 saturated carbocycles. The van der Waals surface area contributed by atoms with E-state index >= 15 is 0 Å². The third-order valence-electron chi connectivity index (χ3n) is 2.21. The second kappa shape index (κ2) is 4.38. The van der Waals surface area contributed by atoms with Crippen molar-refractivity contribution in [3.05, 3.63) is 35.1 Å². The van der Waals surface area contributed by atoms with Gasteiger partial charge in [-0.2, -0.15) is 5.26 Å². The van der Waals surface area contributed by atoms with Gasteiger partial charge in [-0.15, -0.1) is 0 Å². The second-order valence-electron chi connectivity index (χ2n) is 3.19. The van der Waals surface area contributed by atoms with Crippen molar-refractivity contribution in [3.63, 3.8) is 0 Å². The molecule has 1 aromatic carbocycles. The number of rotatable bonds is 2. The van der Waals surface area contributed by atoms with Crippen molar-refractivity contribution in [1.29, 1.82) is 5.26 Å². The van der Waals surface area contributed by atoms with E-state index in [1.807, 2.05) is 31.2 Å². The van der Waals surface area contributed by atoms with Gasteiger partial charge in [0.1, 0.15) is 22.7 Å². The molecular formula is C12H9ClN2O. The summed E-state index contributed by atoms with van der Waals surface area (Å²) in [6, 6.07) is 9.26. The fourth-order valence-electron chi connectivity index (χ4n) is 1.58. The standard InChI is InChI=1S/C12H9ClN2O/c1-2-16-11-5-3-4-8-9(11)6-12(13)15-10(8)7-14/h3-6H,2H2,1H3. The maximum absolute atomic E-state index is 8.97. The molecule has 80 valence electrons. The van der Waals surface area contributed by atoms with Crippen LogP contribution in [-0.2, 0) is 0 Å². The summed E-state index contributed by atoms with van der Waals surface area (Å²) in [4.78, 5) is 3.97. The zero-order valence-corrected chi connectivity index (χ0v) is 9.45. The van der Waals surface area contributed by atoms with Crippen LogP contribution in [0.15, 0.2) is 24.3 Å². The number of halogens is 1. The molecule has 0 N–H and O–H groups in total. The van der Waals surface area contributed by atoms with Gasteiger partial charge in [0.15, 0.2) is 0 Å². The van der Waals surface area contributed by atoms with E-state index < -0.39 is 0 Å². The van der Waals surface area contributed by atoms with Crippen LogP contribution in [0.3, 0.4) is 0 Å². The van der Waals surface area contributed by atoms with Crippen molar-refractivity contribution in [2.45, 2.75) is 6.92 Å². The number of hydrogen-bond acceptors (Lipinski definition) is 3. The molecule has 0 aliphatic heterocycles. The topological polar surface area (TPSA) is 45.9 Å². The highest BCUT2D eigenvalue weighted by atomic mass is 35.5. The van der Waals surface area contributed by atoms with Gasteiger partial charge in [-0.3, -0.25) is 0 Å². The molecule has 2 rings (SSSR count). The Hall–Kier alpha value is -1.79. The van der Waals surface area contributed by atoms with Crippen molar-refractivity contribution in [2.75, 3.05) is 6.61 Å². The van der Waals surface area contributed by atoms with Crippen LogP contribution in [0.4, 0.5) is 0 Å². The zero-order chi connectivity index (χ0) is 11.5. The van der Waals surface area contributed by atoms with Crippen LogP contribution >= 0.6 is 11.6 Å². The van der Waals surface area contributed by atoms with Gasteiger partial charge >= 0.3 is 0 Å². The number of ether oxygens (including phenoxy) is 1. The van der Waals surface area contributed by atoms with E-state index in [0.29, 0.717) is 17.5 Å². The van der Waals surface area contributed by atoms with Gasteiger partial charge in [0, 0.05) is 10.8 Å². The van der Waals surface area contributed by atoms with Crippen LogP contribution < -0.4 is 4.74 Å². The third kappa shape index (κ3) is 1.80. The smallest absolute Gasteiger partial charge is 0.150 e. The third-order valence-corrected chi connectivity index (χ3v) is 2.40. The number of nitriles is 1. The van der Waals surface area contributed by atoms with E-state index in [4.69, 9.17) is 21.6 Å². The molecule has 0 atom stereocenters. The van der Waals surface area contributed by atoms with E-state index in [2.05, 4.69) is 4.98 Å². The first-order valence-corrected chi connectivity index (χ1v) is 5.26. The predicted molar refractivity (Wildman–Crippen MR) is 62.6 cm³/mol. The van der Waals surface area contributed by atoms with E-state index in [9.17, 15) is 0 Å². The Labute approximate surface area is 98.2 Å². The number of fused-ring (bicyclic) bond motifs is 1. The molecule has 0 aliphatic rings. The normalized spacial score (nSPS) is 10.1. The molecule has 0 spiro atoms. The Morgan fingerprint density at radius 3 is 2.94 bits per heavy atom. The number of nitrogens with zero attached hydrogens (tertiary/aromatic N) is 2. The van der Waals surface area contributed by atoms with Gasteiger partial charge < -0.3 is 4.74 Å². The average molecular weight is 233 g/mol. The molecule has 16 heavy (non-hydrogen) atoms. The fraction of sp³-hybridized carbons (Fsp3) is 0.167. The lowest BCUT2D eigenvalue weighted by Crippen LogP contribution is -1.94. The molecule has 2 aromatic rings. The van der Waals surface area contributed by atoms with Gasteiger partial charge in [-0.05, 0) is 19.1 Å². The van der Waals surface area contributed by atoms with Crippen molar-refractivity contribution in [2.24, 2.45) is 0 Å². The quantitative estimate of drug-likeness (QED) is 0.748. The second-order valence-corrected chi connectivity index (χ2v) is 3.58. The molecule has 0 radical (unpaired) electrons. The zero-order valence-electron chi connectivity index (χ0n) is 8.70. The molecule has 0 fully saturated rings. The fourth-order valence-corrected chi connectivity index (χ4v) is 1.78. The van der Waals surface area contributed by atoms with E-state index in [1.165, 1.54) is 0 Å². The first-order valence-electron chi connectivity index (χ1n) is 4.88. The first-order chi connectivity index (χ1) is 7.76. The summed E-state index contributed by atoms with van der Waals surface area (Å²) in [6.07, 6.45) is 0. The lowest BCUT2D eigenvalue weighted by molar-refractivity contribution is 0.344. The highest BCUT2D eigenvalue weighted by Crippen LogP contribution is 2.29. The molecule has 0 saturated heterocycles. The van der Waals surface area contributed by atoms with Crippen molar-refractivity contribution in [1.82, 2.24) is 4.98 Å². The highest BCUT2D eigenvalue weighted by molar-refractivity contribution is 6.30. The Morgan fingerprint density at radius 1 is 1.44 bits per heavy atom. The van der Waals surface area contributed by atoms with E-state index in [0.717, 1.165) is 16.5 Å². The summed E-state index contributed by atoms with van der Waals surface area (Å²) in [5, 5.41) is 10.9. The van der Waals surface area contributed by atoms with Gasteiger partial charge in [-0.1, -0.05) is 23.7 Å². The van der Waals surface area contributed by atoms with Crippen LogP contribution in [0.5, 0.6) is 5.75 Å². The maximum Gasteiger partial charge on any atom is 0.150 e. The molecule has 3 nitrogen and oxygen atoms in total. The Kier molecular flexibility index (Phi) is 2.93. The van der Waals surface area contributed by atoms with Crippen molar-refractivity contribution in [3.8, 4) is 11.8 Å². The molecule has 1 aromatic heterocycles.